The number of carboxylic acids is 6. The van der Waals surface area contributed by atoms with Gasteiger partial charge in [-0.15, -0.1) is 0 Å². The SMILES string of the molecule is O=C([O-])CC(O)(CC(=O)[O-])C(=O)[O-].O=C([O-])CC(O)(CC(=O)[O-])C(=O)[O-].[59Fe+2].[59Fe+2].[59Fe+2]. The number of carbonyl (C=O) groups excluding carboxylic acids is 6. The van der Waals surface area contributed by atoms with E-state index in [1.807, 2.05) is 0 Å². The Morgan fingerprint density at radius 1 is 0.483 bits per heavy atom. The van der Waals surface area contributed by atoms with Gasteiger partial charge >= 0.3 is 51.2 Å². The molecule has 0 aliphatic heterocycles. The molecule has 14 nitrogen and oxygen atoms in total. The molecule has 0 fully saturated rings. The predicted octanol–water partition coefficient (Wildman–Crippen LogP) is -10.5. The third kappa shape index (κ3) is 16.9. The Morgan fingerprint density at radius 2 is 0.621 bits per heavy atom. The van der Waals surface area contributed by atoms with Crippen LogP contribution in [0.2, 0.25) is 0 Å². The molecule has 29 heavy (non-hydrogen) atoms. The van der Waals surface area contributed by atoms with Gasteiger partial charge in [0, 0.05) is 49.6 Å². The van der Waals surface area contributed by atoms with Crippen LogP contribution >= 0.6 is 0 Å². The first kappa shape index (κ1) is 38.0. The largest absolute Gasteiger partial charge is 2.00 e. The summed E-state index contributed by atoms with van der Waals surface area (Å²) in [4.78, 5) is 60.0. The Labute approximate surface area is 193 Å². The Hall–Kier alpha value is -1.70. The minimum Gasteiger partial charge on any atom is -0.550 e. The molecule has 0 saturated heterocycles. The Kier molecular flexibility index (Phi) is 21.1. The number of hydrogen-bond donors (Lipinski definition) is 2. The van der Waals surface area contributed by atoms with Crippen LogP contribution in [0.25, 0.3) is 0 Å². The first-order chi connectivity index (χ1) is 11.6. The van der Waals surface area contributed by atoms with Gasteiger partial charge in [-0.25, -0.2) is 0 Å². The second kappa shape index (κ2) is 16.1. The van der Waals surface area contributed by atoms with Crippen molar-refractivity contribution >= 4 is 35.8 Å². The molecular weight excluding hydrogens is 545 g/mol. The summed E-state index contributed by atoms with van der Waals surface area (Å²) in [5.74, 6) is -12.0. The maximum Gasteiger partial charge on any atom is 2.00 e. The van der Waals surface area contributed by atoms with Gasteiger partial charge in [-0.1, -0.05) is 0 Å². The monoisotopic (exact) mass is 555 g/mol. The smallest absolute Gasteiger partial charge is 0.550 e. The third-order valence-electron chi connectivity index (χ3n) is 2.51. The molecule has 0 amide bonds. The van der Waals surface area contributed by atoms with E-state index in [0.29, 0.717) is 0 Å². The van der Waals surface area contributed by atoms with E-state index < -0.39 is 72.7 Å². The zero-order valence-corrected chi connectivity index (χ0v) is 17.0. The van der Waals surface area contributed by atoms with Crippen LogP contribution in [0.4, 0.5) is 0 Å². The van der Waals surface area contributed by atoms with Crippen molar-refractivity contribution in [1.82, 2.24) is 0 Å². The summed E-state index contributed by atoms with van der Waals surface area (Å²) in [5.41, 5.74) is -5.95. The number of aliphatic carboxylic acids is 6. The van der Waals surface area contributed by atoms with Crippen LogP contribution in [0, 0.1) is 0 Å². The zero-order chi connectivity index (χ0) is 21.3. The Morgan fingerprint density at radius 3 is 0.690 bits per heavy atom. The molecule has 0 aromatic heterocycles. The van der Waals surface area contributed by atoms with E-state index in [1.165, 1.54) is 0 Å². The Balaban J connectivity index is -0.000000120. The van der Waals surface area contributed by atoms with Crippen molar-refractivity contribution in [2.45, 2.75) is 36.9 Å². The number of carbonyl (C=O) groups is 6. The van der Waals surface area contributed by atoms with Crippen molar-refractivity contribution in [3.63, 3.8) is 0 Å². The summed E-state index contributed by atoms with van der Waals surface area (Å²) in [7, 11) is 0. The molecule has 0 aromatic rings. The van der Waals surface area contributed by atoms with Gasteiger partial charge < -0.3 is 69.6 Å². The van der Waals surface area contributed by atoms with Crippen molar-refractivity contribution in [2.75, 3.05) is 0 Å². The summed E-state index contributed by atoms with van der Waals surface area (Å²) in [6.07, 6.45) is -5.43. The molecule has 0 aromatic carbocycles. The molecule has 0 spiro atoms. The number of hydrogen-bond acceptors (Lipinski definition) is 14. The normalized spacial score (nSPS) is 9.72. The topological polar surface area (TPSA) is 281 Å². The van der Waals surface area contributed by atoms with Gasteiger partial charge in [0.1, 0.15) is 11.2 Å². The number of carboxylic acid groups (broad SMARTS) is 6. The second-order valence-corrected chi connectivity index (χ2v) is 4.83. The van der Waals surface area contributed by atoms with Crippen molar-refractivity contribution < 1.29 is 121 Å². The summed E-state index contributed by atoms with van der Waals surface area (Å²) < 4.78 is 0. The number of rotatable bonds is 10. The van der Waals surface area contributed by atoms with E-state index in [4.69, 9.17) is 10.2 Å². The minimum absolute atomic E-state index is 0. The molecule has 0 aliphatic rings. The molecule has 0 bridgehead atoms. The molecule has 0 unspecified atom stereocenters. The van der Waals surface area contributed by atoms with Crippen LogP contribution in [0.15, 0.2) is 0 Å². The molecule has 2 N–H and O–H groups in total. The molecule has 0 atom stereocenters. The van der Waals surface area contributed by atoms with E-state index in [2.05, 4.69) is 0 Å². The Bertz CT molecular complexity index is 521. The van der Waals surface area contributed by atoms with Crippen molar-refractivity contribution in [2.24, 2.45) is 0 Å². The summed E-state index contributed by atoms with van der Waals surface area (Å²) >= 11 is 0. The maximum atomic E-state index is 10.1. The van der Waals surface area contributed by atoms with E-state index in [-0.39, 0.29) is 51.2 Å². The van der Waals surface area contributed by atoms with Crippen LogP contribution in [-0.2, 0) is 80.0 Å². The first-order valence-corrected chi connectivity index (χ1v) is 6.23. The van der Waals surface area contributed by atoms with E-state index in [9.17, 15) is 59.4 Å². The molecular formula is C12H10Fe3O14. The summed E-state index contributed by atoms with van der Waals surface area (Å²) in [6, 6.07) is 0. The summed E-state index contributed by atoms with van der Waals surface area (Å²) in [5, 5.41) is 77.9. The van der Waals surface area contributed by atoms with Gasteiger partial charge in [-0.2, -0.15) is 0 Å². The number of aliphatic hydroxyl groups is 2. The van der Waals surface area contributed by atoms with Gasteiger partial charge in [-0.05, 0) is 0 Å². The molecule has 0 radical (unpaired) electrons. The fraction of sp³-hybridized carbons (Fsp3) is 0.500. The van der Waals surface area contributed by atoms with E-state index >= 15 is 0 Å². The average molecular weight is 555 g/mol. The van der Waals surface area contributed by atoms with Crippen LogP contribution in [0.1, 0.15) is 25.7 Å². The average Bonchev–Trinajstić information content (AvgIpc) is 2.34. The van der Waals surface area contributed by atoms with Gasteiger partial charge in [0.15, 0.2) is 0 Å². The van der Waals surface area contributed by atoms with Crippen LogP contribution in [0.3, 0.4) is 0 Å². The van der Waals surface area contributed by atoms with Gasteiger partial charge in [0.2, 0.25) is 0 Å². The van der Waals surface area contributed by atoms with Gasteiger partial charge in [0.05, 0.1) is 11.9 Å². The fourth-order valence-electron chi connectivity index (χ4n) is 1.37. The van der Waals surface area contributed by atoms with Crippen molar-refractivity contribution in [3.05, 3.63) is 0 Å². The standard InChI is InChI=1S/2C6H8O7.3Fe/c2*7-3(8)1-6(13,5(11)12)2-4(9)10;;;/h2*13H,1-2H2,(H,7,8)(H,9,10)(H,11,12);;;/q;;3*+2/p-6/i;;3*1+3. The van der Waals surface area contributed by atoms with Gasteiger partial charge in [-0.3, -0.25) is 0 Å². The minimum atomic E-state index is -2.97. The van der Waals surface area contributed by atoms with Crippen LogP contribution < -0.4 is 30.6 Å². The van der Waals surface area contributed by atoms with Crippen LogP contribution in [-0.4, -0.2) is 57.2 Å². The molecule has 0 aliphatic carbocycles. The maximum absolute atomic E-state index is 10.1. The molecule has 0 heterocycles. The van der Waals surface area contributed by atoms with Crippen molar-refractivity contribution in [3.8, 4) is 0 Å². The van der Waals surface area contributed by atoms with E-state index in [1.54, 1.807) is 0 Å². The fourth-order valence-corrected chi connectivity index (χ4v) is 1.37. The third-order valence-corrected chi connectivity index (χ3v) is 2.51. The predicted molar refractivity (Wildman–Crippen MR) is 58.4 cm³/mol. The van der Waals surface area contributed by atoms with Crippen LogP contribution in [0.5, 0.6) is 0 Å². The zero-order valence-electron chi connectivity index (χ0n) is 13.7. The molecule has 0 saturated carbocycles. The van der Waals surface area contributed by atoms with Gasteiger partial charge in [0.25, 0.3) is 0 Å². The molecule has 0 rings (SSSR count). The van der Waals surface area contributed by atoms with E-state index in [0.717, 1.165) is 0 Å². The first-order valence-electron chi connectivity index (χ1n) is 6.23. The molecule has 17 heteroatoms. The van der Waals surface area contributed by atoms with Crippen molar-refractivity contribution in [1.29, 1.82) is 0 Å². The summed E-state index contributed by atoms with van der Waals surface area (Å²) in [6.45, 7) is 0. The quantitative estimate of drug-likeness (QED) is 0.237. The molecule has 166 valence electrons. The second-order valence-electron chi connectivity index (χ2n) is 4.83.